The van der Waals surface area contributed by atoms with E-state index >= 15 is 0 Å². The first-order chi connectivity index (χ1) is 12.1. The van der Waals surface area contributed by atoms with Gasteiger partial charge in [-0.2, -0.15) is 0 Å². The van der Waals surface area contributed by atoms with E-state index in [-0.39, 0.29) is 22.2 Å². The van der Waals surface area contributed by atoms with E-state index in [9.17, 15) is 13.2 Å². The summed E-state index contributed by atoms with van der Waals surface area (Å²) in [5.41, 5.74) is 0.735. The summed E-state index contributed by atoms with van der Waals surface area (Å²) < 4.78 is 25.8. The van der Waals surface area contributed by atoms with Gasteiger partial charge in [0.25, 0.3) is 0 Å². The van der Waals surface area contributed by atoms with Gasteiger partial charge in [0.2, 0.25) is 15.9 Å². The number of anilines is 2. The number of amides is 1. The highest BCUT2D eigenvalue weighted by molar-refractivity contribution is 7.92. The molecule has 0 fully saturated rings. The van der Waals surface area contributed by atoms with Gasteiger partial charge in [0.15, 0.2) is 0 Å². The summed E-state index contributed by atoms with van der Waals surface area (Å²) >= 11 is 17.8. The highest BCUT2D eigenvalue weighted by atomic mass is 35.5. The summed E-state index contributed by atoms with van der Waals surface area (Å²) in [6.07, 6.45) is 1.27. The standard InChI is InChI=1S/C17H17Cl3N2O3S/c1-3-16(17(23)21-14-6-4-11(18)5-7-14)22(26(2,24)25)15-9-12(19)8-13(20)10-15/h4-10,16H,3H2,1-2H3,(H,21,23). The largest absolute Gasteiger partial charge is 0.324 e. The van der Waals surface area contributed by atoms with E-state index in [4.69, 9.17) is 34.8 Å². The number of hydrogen-bond acceptors (Lipinski definition) is 3. The second-order valence-corrected chi connectivity index (χ2v) is 8.78. The lowest BCUT2D eigenvalue weighted by Crippen LogP contribution is -2.47. The molecule has 1 N–H and O–H groups in total. The van der Waals surface area contributed by atoms with Crippen molar-refractivity contribution in [2.75, 3.05) is 15.9 Å². The van der Waals surface area contributed by atoms with Crippen molar-refractivity contribution in [1.82, 2.24) is 0 Å². The van der Waals surface area contributed by atoms with Crippen molar-refractivity contribution in [3.05, 3.63) is 57.5 Å². The van der Waals surface area contributed by atoms with E-state index in [0.717, 1.165) is 10.6 Å². The average Bonchev–Trinajstić information content (AvgIpc) is 2.52. The van der Waals surface area contributed by atoms with Gasteiger partial charge in [0.05, 0.1) is 11.9 Å². The van der Waals surface area contributed by atoms with E-state index in [1.165, 1.54) is 18.2 Å². The maximum atomic E-state index is 12.7. The van der Waals surface area contributed by atoms with Crippen LogP contribution in [0.1, 0.15) is 13.3 Å². The smallest absolute Gasteiger partial charge is 0.248 e. The van der Waals surface area contributed by atoms with Crippen LogP contribution in [0.25, 0.3) is 0 Å². The SMILES string of the molecule is CCC(C(=O)Nc1ccc(Cl)cc1)N(c1cc(Cl)cc(Cl)c1)S(C)(=O)=O. The maximum Gasteiger partial charge on any atom is 0.248 e. The summed E-state index contributed by atoms with van der Waals surface area (Å²) in [7, 11) is -3.77. The van der Waals surface area contributed by atoms with Gasteiger partial charge < -0.3 is 5.32 Å². The first-order valence-corrected chi connectivity index (χ1v) is 10.6. The lowest BCUT2D eigenvalue weighted by molar-refractivity contribution is -0.117. The molecule has 0 aliphatic rings. The molecule has 1 amide bonds. The molecule has 0 aliphatic heterocycles. The number of sulfonamides is 1. The molecule has 2 aromatic rings. The Hall–Kier alpha value is -1.47. The predicted octanol–water partition coefficient (Wildman–Crippen LogP) is 4.83. The second kappa shape index (κ2) is 8.48. The van der Waals surface area contributed by atoms with Gasteiger partial charge in [-0.25, -0.2) is 8.42 Å². The van der Waals surface area contributed by atoms with Gasteiger partial charge in [-0.05, 0) is 48.9 Å². The summed E-state index contributed by atoms with van der Waals surface area (Å²) in [4.78, 5) is 12.7. The van der Waals surface area contributed by atoms with E-state index in [2.05, 4.69) is 5.32 Å². The third kappa shape index (κ3) is 5.27. The fraction of sp³-hybridized carbons (Fsp3) is 0.235. The van der Waals surface area contributed by atoms with Gasteiger partial charge in [0.1, 0.15) is 6.04 Å². The van der Waals surface area contributed by atoms with E-state index in [1.807, 2.05) is 0 Å². The summed E-state index contributed by atoms with van der Waals surface area (Å²) in [6.45, 7) is 1.72. The normalized spacial score (nSPS) is 12.5. The number of carbonyl (C=O) groups excluding carboxylic acids is 1. The zero-order valence-electron chi connectivity index (χ0n) is 14.0. The molecule has 2 aromatic carbocycles. The number of rotatable bonds is 6. The number of nitrogens with zero attached hydrogens (tertiary/aromatic N) is 1. The van der Waals surface area contributed by atoms with Crippen molar-refractivity contribution in [2.24, 2.45) is 0 Å². The van der Waals surface area contributed by atoms with Crippen LogP contribution in [0.2, 0.25) is 15.1 Å². The molecule has 0 saturated heterocycles. The van der Waals surface area contributed by atoms with E-state index < -0.39 is 22.0 Å². The molecule has 0 aromatic heterocycles. The first-order valence-electron chi connectivity index (χ1n) is 7.63. The van der Waals surface area contributed by atoms with Gasteiger partial charge in [-0.1, -0.05) is 41.7 Å². The van der Waals surface area contributed by atoms with Crippen LogP contribution in [0.15, 0.2) is 42.5 Å². The van der Waals surface area contributed by atoms with Crippen molar-refractivity contribution >= 4 is 62.1 Å². The first kappa shape index (κ1) is 20.8. The number of hydrogen-bond donors (Lipinski definition) is 1. The number of carbonyl (C=O) groups is 1. The molecule has 0 radical (unpaired) electrons. The lowest BCUT2D eigenvalue weighted by atomic mass is 10.2. The molecule has 0 spiro atoms. The van der Waals surface area contributed by atoms with Crippen LogP contribution in [-0.4, -0.2) is 26.6 Å². The number of benzene rings is 2. The van der Waals surface area contributed by atoms with Gasteiger partial charge in [-0.3, -0.25) is 9.10 Å². The molecule has 2 rings (SSSR count). The highest BCUT2D eigenvalue weighted by Crippen LogP contribution is 2.29. The average molecular weight is 436 g/mol. The van der Waals surface area contributed by atoms with Crippen LogP contribution in [0.5, 0.6) is 0 Å². The van der Waals surface area contributed by atoms with Crippen LogP contribution in [0.4, 0.5) is 11.4 Å². The second-order valence-electron chi connectivity index (χ2n) is 5.61. The molecular weight excluding hydrogens is 419 g/mol. The molecule has 0 heterocycles. The minimum Gasteiger partial charge on any atom is -0.324 e. The van der Waals surface area contributed by atoms with Crippen LogP contribution >= 0.6 is 34.8 Å². The monoisotopic (exact) mass is 434 g/mol. The van der Waals surface area contributed by atoms with Gasteiger partial charge in [-0.15, -0.1) is 0 Å². The fourth-order valence-electron chi connectivity index (χ4n) is 2.49. The molecule has 0 bridgehead atoms. The molecule has 9 heteroatoms. The van der Waals surface area contributed by atoms with Crippen LogP contribution in [-0.2, 0) is 14.8 Å². The zero-order chi connectivity index (χ0) is 19.5. The molecule has 5 nitrogen and oxygen atoms in total. The third-order valence-corrected chi connectivity index (χ3v) is 5.41. The van der Waals surface area contributed by atoms with Crippen LogP contribution < -0.4 is 9.62 Å². The van der Waals surface area contributed by atoms with Gasteiger partial charge in [0, 0.05) is 20.8 Å². The third-order valence-electron chi connectivity index (χ3n) is 3.54. The molecule has 1 unspecified atom stereocenters. The van der Waals surface area contributed by atoms with Crippen LogP contribution in [0.3, 0.4) is 0 Å². The summed E-state index contributed by atoms with van der Waals surface area (Å²) in [6, 6.07) is 9.94. The highest BCUT2D eigenvalue weighted by Gasteiger charge is 2.32. The van der Waals surface area contributed by atoms with Crippen LogP contribution in [0, 0.1) is 0 Å². The predicted molar refractivity (Wildman–Crippen MR) is 108 cm³/mol. The minimum atomic E-state index is -3.77. The summed E-state index contributed by atoms with van der Waals surface area (Å²) in [5, 5.41) is 3.78. The van der Waals surface area contributed by atoms with E-state index in [0.29, 0.717) is 10.7 Å². The Morgan fingerprint density at radius 3 is 2.04 bits per heavy atom. The molecule has 0 saturated carbocycles. The molecule has 1 atom stereocenters. The van der Waals surface area contributed by atoms with Crippen molar-refractivity contribution in [2.45, 2.75) is 19.4 Å². The Morgan fingerprint density at radius 2 is 1.58 bits per heavy atom. The van der Waals surface area contributed by atoms with Crippen molar-refractivity contribution in [1.29, 1.82) is 0 Å². The zero-order valence-corrected chi connectivity index (χ0v) is 17.1. The maximum absolute atomic E-state index is 12.7. The Labute approximate surface area is 167 Å². The van der Waals surface area contributed by atoms with Crippen molar-refractivity contribution < 1.29 is 13.2 Å². The molecule has 0 aliphatic carbocycles. The quantitative estimate of drug-likeness (QED) is 0.706. The molecule has 140 valence electrons. The lowest BCUT2D eigenvalue weighted by Gasteiger charge is -2.30. The van der Waals surface area contributed by atoms with Crippen molar-refractivity contribution in [3.8, 4) is 0 Å². The van der Waals surface area contributed by atoms with Gasteiger partial charge >= 0.3 is 0 Å². The Morgan fingerprint density at radius 1 is 1.04 bits per heavy atom. The Kier molecular flexibility index (Phi) is 6.80. The molecule has 26 heavy (non-hydrogen) atoms. The summed E-state index contributed by atoms with van der Waals surface area (Å²) in [5.74, 6) is -0.476. The van der Waals surface area contributed by atoms with Crippen molar-refractivity contribution in [3.63, 3.8) is 0 Å². The Bertz CT molecular complexity index is 882. The number of halogens is 3. The topological polar surface area (TPSA) is 66.5 Å². The van der Waals surface area contributed by atoms with E-state index in [1.54, 1.807) is 31.2 Å². The Balaban J connectivity index is 2.40. The molecular formula is C17H17Cl3N2O3S. The fourth-order valence-corrected chi connectivity index (χ4v) is 4.32. The number of nitrogens with one attached hydrogen (secondary N) is 1. The minimum absolute atomic E-state index is 0.225.